The summed E-state index contributed by atoms with van der Waals surface area (Å²) < 4.78 is 7.03. The van der Waals surface area contributed by atoms with Gasteiger partial charge in [-0.2, -0.15) is 0 Å². The van der Waals surface area contributed by atoms with E-state index in [1.807, 2.05) is 25.1 Å². The molecule has 0 aliphatic carbocycles. The molecule has 0 amide bonds. The molecule has 1 atom stereocenters. The summed E-state index contributed by atoms with van der Waals surface area (Å²) in [7, 11) is 0. The van der Waals surface area contributed by atoms with Crippen molar-refractivity contribution in [3.05, 3.63) is 63.6 Å². The Morgan fingerprint density at radius 1 is 1.15 bits per heavy atom. The second-order valence-electron chi connectivity index (χ2n) is 5.21. The Hall–Kier alpha value is -1.32. The second kappa shape index (κ2) is 6.91. The average Bonchev–Trinajstić information content (AvgIpc) is 2.39. The highest BCUT2D eigenvalue weighted by Crippen LogP contribution is 2.23. The SMILES string of the molecule is Cc1ccc(OCc2ccc(Br)cc2)c(CC(C)N)c1. The molecule has 2 N–H and O–H groups in total. The Morgan fingerprint density at radius 2 is 1.85 bits per heavy atom. The van der Waals surface area contributed by atoms with Gasteiger partial charge in [0.25, 0.3) is 0 Å². The number of hydrogen-bond acceptors (Lipinski definition) is 2. The molecule has 1 unspecified atom stereocenters. The Bertz CT molecular complexity index is 564. The summed E-state index contributed by atoms with van der Waals surface area (Å²) in [6.45, 7) is 4.67. The summed E-state index contributed by atoms with van der Waals surface area (Å²) in [4.78, 5) is 0. The molecule has 0 fully saturated rings. The number of rotatable bonds is 5. The standard InChI is InChI=1S/C17H20BrNO/c1-12-3-8-17(15(9-12)10-13(2)19)20-11-14-4-6-16(18)7-5-14/h3-9,13H,10-11,19H2,1-2H3. The summed E-state index contributed by atoms with van der Waals surface area (Å²) in [6.07, 6.45) is 0.831. The summed E-state index contributed by atoms with van der Waals surface area (Å²) in [5.41, 5.74) is 9.47. The number of hydrogen-bond donors (Lipinski definition) is 1. The van der Waals surface area contributed by atoms with Crippen LogP contribution in [-0.2, 0) is 13.0 Å². The zero-order valence-corrected chi connectivity index (χ0v) is 13.5. The largest absolute Gasteiger partial charge is 0.489 e. The van der Waals surface area contributed by atoms with E-state index in [2.05, 4.69) is 47.1 Å². The third-order valence-corrected chi connectivity index (χ3v) is 3.59. The molecular formula is C17H20BrNO. The van der Waals surface area contributed by atoms with E-state index < -0.39 is 0 Å². The molecule has 2 aromatic carbocycles. The van der Waals surface area contributed by atoms with Crippen molar-refractivity contribution < 1.29 is 4.74 Å². The van der Waals surface area contributed by atoms with Crippen LogP contribution in [0.4, 0.5) is 0 Å². The van der Waals surface area contributed by atoms with E-state index in [1.54, 1.807) is 0 Å². The minimum Gasteiger partial charge on any atom is -0.489 e. The second-order valence-corrected chi connectivity index (χ2v) is 6.12. The van der Waals surface area contributed by atoms with Gasteiger partial charge in [-0.05, 0) is 49.6 Å². The Labute approximate surface area is 129 Å². The van der Waals surface area contributed by atoms with E-state index in [0.29, 0.717) is 6.61 Å². The molecule has 0 aliphatic heterocycles. The van der Waals surface area contributed by atoms with Gasteiger partial charge in [-0.3, -0.25) is 0 Å². The summed E-state index contributed by atoms with van der Waals surface area (Å²) in [5, 5.41) is 0. The molecule has 2 rings (SSSR count). The minimum absolute atomic E-state index is 0.131. The Kier molecular flexibility index (Phi) is 5.21. The lowest BCUT2D eigenvalue weighted by Gasteiger charge is -2.14. The van der Waals surface area contributed by atoms with Crippen molar-refractivity contribution in [1.29, 1.82) is 0 Å². The van der Waals surface area contributed by atoms with E-state index in [9.17, 15) is 0 Å². The number of aryl methyl sites for hydroxylation is 1. The highest BCUT2D eigenvalue weighted by Gasteiger charge is 2.07. The quantitative estimate of drug-likeness (QED) is 0.888. The van der Waals surface area contributed by atoms with E-state index in [0.717, 1.165) is 22.2 Å². The van der Waals surface area contributed by atoms with Crippen molar-refractivity contribution in [2.24, 2.45) is 5.73 Å². The summed E-state index contributed by atoms with van der Waals surface area (Å²) in [6, 6.07) is 14.6. The molecular weight excluding hydrogens is 314 g/mol. The zero-order chi connectivity index (χ0) is 14.5. The van der Waals surface area contributed by atoms with Crippen molar-refractivity contribution in [2.45, 2.75) is 32.9 Å². The number of halogens is 1. The van der Waals surface area contributed by atoms with Gasteiger partial charge in [-0.1, -0.05) is 45.8 Å². The molecule has 2 aromatic rings. The normalized spacial score (nSPS) is 12.2. The number of nitrogens with two attached hydrogens (primary N) is 1. The summed E-state index contributed by atoms with van der Waals surface area (Å²) in [5.74, 6) is 0.927. The van der Waals surface area contributed by atoms with Gasteiger partial charge in [-0.25, -0.2) is 0 Å². The van der Waals surface area contributed by atoms with E-state index >= 15 is 0 Å². The van der Waals surface area contributed by atoms with E-state index in [4.69, 9.17) is 10.5 Å². The Morgan fingerprint density at radius 3 is 2.50 bits per heavy atom. The van der Waals surface area contributed by atoms with Crippen LogP contribution in [0, 0.1) is 6.92 Å². The lowest BCUT2D eigenvalue weighted by molar-refractivity contribution is 0.302. The van der Waals surface area contributed by atoms with Gasteiger partial charge in [-0.15, -0.1) is 0 Å². The van der Waals surface area contributed by atoms with Crippen LogP contribution in [-0.4, -0.2) is 6.04 Å². The molecule has 0 radical (unpaired) electrons. The summed E-state index contributed by atoms with van der Waals surface area (Å²) >= 11 is 3.43. The Balaban J connectivity index is 2.10. The van der Waals surface area contributed by atoms with Crippen LogP contribution < -0.4 is 10.5 Å². The molecule has 0 spiro atoms. The molecule has 0 saturated heterocycles. The van der Waals surface area contributed by atoms with Crippen LogP contribution >= 0.6 is 15.9 Å². The molecule has 0 saturated carbocycles. The highest BCUT2D eigenvalue weighted by atomic mass is 79.9. The maximum absolute atomic E-state index is 5.95. The molecule has 0 aliphatic rings. The molecule has 0 bridgehead atoms. The first-order valence-corrected chi connectivity index (χ1v) is 7.56. The van der Waals surface area contributed by atoms with Crippen LogP contribution in [0.3, 0.4) is 0 Å². The fraction of sp³-hybridized carbons (Fsp3) is 0.294. The third-order valence-electron chi connectivity index (χ3n) is 3.07. The van der Waals surface area contributed by atoms with Crippen LogP contribution in [0.2, 0.25) is 0 Å². The van der Waals surface area contributed by atoms with E-state index in [1.165, 1.54) is 11.1 Å². The third kappa shape index (κ3) is 4.36. The predicted molar refractivity (Wildman–Crippen MR) is 87.0 cm³/mol. The average molecular weight is 334 g/mol. The lowest BCUT2D eigenvalue weighted by atomic mass is 10.0. The van der Waals surface area contributed by atoms with Gasteiger partial charge >= 0.3 is 0 Å². The van der Waals surface area contributed by atoms with Crippen molar-refractivity contribution in [2.75, 3.05) is 0 Å². The van der Waals surface area contributed by atoms with Gasteiger partial charge in [0.05, 0.1) is 0 Å². The van der Waals surface area contributed by atoms with Crippen molar-refractivity contribution in [3.8, 4) is 5.75 Å². The monoisotopic (exact) mass is 333 g/mol. The molecule has 106 valence electrons. The van der Waals surface area contributed by atoms with Crippen molar-refractivity contribution in [1.82, 2.24) is 0 Å². The molecule has 0 aromatic heterocycles. The smallest absolute Gasteiger partial charge is 0.123 e. The number of benzene rings is 2. The maximum atomic E-state index is 5.95. The van der Waals surface area contributed by atoms with Crippen LogP contribution in [0.1, 0.15) is 23.6 Å². The fourth-order valence-electron chi connectivity index (χ4n) is 2.10. The van der Waals surface area contributed by atoms with Gasteiger partial charge in [0.2, 0.25) is 0 Å². The van der Waals surface area contributed by atoms with Crippen molar-refractivity contribution in [3.63, 3.8) is 0 Å². The fourth-order valence-corrected chi connectivity index (χ4v) is 2.36. The minimum atomic E-state index is 0.131. The number of ether oxygens (including phenoxy) is 1. The lowest BCUT2D eigenvalue weighted by Crippen LogP contribution is -2.18. The topological polar surface area (TPSA) is 35.2 Å². The predicted octanol–water partition coefficient (Wildman–Crippen LogP) is 4.23. The van der Waals surface area contributed by atoms with Gasteiger partial charge in [0.15, 0.2) is 0 Å². The molecule has 2 nitrogen and oxygen atoms in total. The first-order valence-electron chi connectivity index (χ1n) is 6.77. The maximum Gasteiger partial charge on any atom is 0.123 e. The van der Waals surface area contributed by atoms with Gasteiger partial charge in [0.1, 0.15) is 12.4 Å². The van der Waals surface area contributed by atoms with E-state index in [-0.39, 0.29) is 6.04 Å². The molecule has 3 heteroatoms. The van der Waals surface area contributed by atoms with Crippen LogP contribution in [0.5, 0.6) is 5.75 Å². The molecule has 20 heavy (non-hydrogen) atoms. The first kappa shape index (κ1) is 15.1. The first-order chi connectivity index (χ1) is 9.54. The zero-order valence-electron chi connectivity index (χ0n) is 11.9. The van der Waals surface area contributed by atoms with Gasteiger partial charge in [0, 0.05) is 10.5 Å². The highest BCUT2D eigenvalue weighted by molar-refractivity contribution is 9.10. The van der Waals surface area contributed by atoms with Crippen LogP contribution in [0.25, 0.3) is 0 Å². The van der Waals surface area contributed by atoms with Gasteiger partial charge < -0.3 is 10.5 Å². The van der Waals surface area contributed by atoms with Crippen molar-refractivity contribution >= 4 is 15.9 Å². The van der Waals surface area contributed by atoms with Crippen LogP contribution in [0.15, 0.2) is 46.9 Å². The molecule has 0 heterocycles.